The third kappa shape index (κ3) is 4.10. The summed E-state index contributed by atoms with van der Waals surface area (Å²) in [5, 5.41) is 3.77. The summed E-state index contributed by atoms with van der Waals surface area (Å²) in [6.07, 6.45) is 2.78. The highest BCUT2D eigenvalue weighted by atomic mass is 35.5. The van der Waals surface area contributed by atoms with Gasteiger partial charge in [-0.3, -0.25) is 4.79 Å². The maximum absolute atomic E-state index is 12.0. The van der Waals surface area contributed by atoms with Crippen LogP contribution in [0, 0.1) is 5.92 Å². The molecule has 0 spiro atoms. The van der Waals surface area contributed by atoms with E-state index in [0.29, 0.717) is 28.1 Å². The summed E-state index contributed by atoms with van der Waals surface area (Å²) in [5.74, 6) is 0.398. The Bertz CT molecular complexity index is 445. The Labute approximate surface area is 123 Å². The van der Waals surface area contributed by atoms with E-state index in [4.69, 9.17) is 23.2 Å². The number of hydrogen-bond acceptors (Lipinski definition) is 2. The van der Waals surface area contributed by atoms with Crippen molar-refractivity contribution in [2.75, 3.05) is 25.5 Å². The Hall–Kier alpha value is -0.770. The number of nitrogens with zero attached hydrogens (tertiary/aromatic N) is 1. The van der Waals surface area contributed by atoms with Crippen LogP contribution < -0.4 is 5.32 Å². The maximum atomic E-state index is 12.0. The zero-order chi connectivity index (χ0) is 13.8. The second-order valence-corrected chi connectivity index (χ2v) is 5.93. The molecule has 0 bridgehead atoms. The molecule has 1 aliphatic heterocycles. The number of rotatable bonds is 3. The summed E-state index contributed by atoms with van der Waals surface area (Å²) in [6.45, 7) is 2.10. The quantitative estimate of drug-likeness (QED) is 0.924. The van der Waals surface area contributed by atoms with E-state index in [1.807, 2.05) is 0 Å². The van der Waals surface area contributed by atoms with Crippen LogP contribution in [0.15, 0.2) is 18.2 Å². The summed E-state index contributed by atoms with van der Waals surface area (Å²) >= 11 is 12.1. The van der Waals surface area contributed by atoms with Gasteiger partial charge in [0, 0.05) is 13.0 Å². The van der Waals surface area contributed by atoms with Gasteiger partial charge in [0.05, 0.1) is 15.7 Å². The molecule has 19 heavy (non-hydrogen) atoms. The van der Waals surface area contributed by atoms with E-state index in [0.717, 1.165) is 25.9 Å². The van der Waals surface area contributed by atoms with Crippen molar-refractivity contribution in [2.45, 2.75) is 19.3 Å². The Kier molecular flexibility index (Phi) is 5.08. The molecule has 0 aromatic heterocycles. The number of amides is 1. The van der Waals surface area contributed by atoms with Gasteiger partial charge in [-0.2, -0.15) is 0 Å². The molecule has 0 aliphatic carbocycles. The van der Waals surface area contributed by atoms with E-state index in [1.165, 1.54) is 0 Å². The van der Waals surface area contributed by atoms with E-state index >= 15 is 0 Å². The minimum Gasteiger partial charge on any atom is -0.324 e. The zero-order valence-corrected chi connectivity index (χ0v) is 12.5. The van der Waals surface area contributed by atoms with Gasteiger partial charge in [-0.05, 0) is 44.5 Å². The minimum atomic E-state index is -0.0182. The lowest BCUT2D eigenvalue weighted by atomic mass is 9.95. The molecule has 2 rings (SSSR count). The number of carbonyl (C=O) groups is 1. The van der Waals surface area contributed by atoms with Crippen molar-refractivity contribution in [1.29, 1.82) is 0 Å². The monoisotopic (exact) mass is 300 g/mol. The number of halogens is 2. The van der Waals surface area contributed by atoms with E-state index < -0.39 is 0 Å². The van der Waals surface area contributed by atoms with E-state index in [2.05, 4.69) is 17.3 Å². The standard InChI is InChI=1S/C14H18Cl2N2O/c1-18-7-3-4-10(9-18)8-13(19)17-14-11(15)5-2-6-12(14)16/h2,5-6,10H,3-4,7-9H2,1H3,(H,17,19). The third-order valence-electron chi connectivity index (χ3n) is 3.42. The highest BCUT2D eigenvalue weighted by Gasteiger charge is 2.20. The summed E-state index contributed by atoms with van der Waals surface area (Å²) in [7, 11) is 2.09. The molecule has 5 heteroatoms. The predicted molar refractivity (Wildman–Crippen MR) is 79.9 cm³/mol. The van der Waals surface area contributed by atoms with Crippen LogP contribution in [0.1, 0.15) is 19.3 Å². The molecule has 1 amide bonds. The molecule has 3 nitrogen and oxygen atoms in total. The van der Waals surface area contributed by atoms with Gasteiger partial charge in [-0.1, -0.05) is 29.3 Å². The summed E-state index contributed by atoms with van der Waals surface area (Å²) < 4.78 is 0. The number of hydrogen-bond donors (Lipinski definition) is 1. The number of carbonyl (C=O) groups excluding carboxylic acids is 1. The molecule has 1 aromatic carbocycles. The second-order valence-electron chi connectivity index (χ2n) is 5.12. The Morgan fingerprint density at radius 2 is 2.11 bits per heavy atom. The van der Waals surface area contributed by atoms with Crippen LogP contribution in [0.2, 0.25) is 10.0 Å². The van der Waals surface area contributed by atoms with Gasteiger partial charge in [-0.15, -0.1) is 0 Å². The fourth-order valence-corrected chi connectivity index (χ4v) is 3.00. The fraction of sp³-hybridized carbons (Fsp3) is 0.500. The van der Waals surface area contributed by atoms with Crippen LogP contribution in [0.5, 0.6) is 0 Å². The minimum absolute atomic E-state index is 0.0182. The molecule has 1 aliphatic rings. The lowest BCUT2D eigenvalue weighted by molar-refractivity contribution is -0.117. The molecule has 1 saturated heterocycles. The summed E-state index contributed by atoms with van der Waals surface area (Å²) in [5.41, 5.74) is 0.514. The van der Waals surface area contributed by atoms with Crippen molar-refractivity contribution in [3.63, 3.8) is 0 Å². The van der Waals surface area contributed by atoms with Gasteiger partial charge in [-0.25, -0.2) is 0 Å². The average molecular weight is 301 g/mol. The molecular weight excluding hydrogens is 283 g/mol. The first kappa shape index (κ1) is 14.6. The molecule has 1 aromatic rings. The van der Waals surface area contributed by atoms with Gasteiger partial charge in [0.2, 0.25) is 5.91 Å². The van der Waals surface area contributed by atoms with Gasteiger partial charge >= 0.3 is 0 Å². The van der Waals surface area contributed by atoms with Crippen LogP contribution in [-0.4, -0.2) is 30.9 Å². The summed E-state index contributed by atoms with van der Waals surface area (Å²) in [4.78, 5) is 14.3. The SMILES string of the molecule is CN1CCCC(CC(=O)Nc2c(Cl)cccc2Cl)C1. The number of nitrogens with one attached hydrogen (secondary N) is 1. The van der Waals surface area contributed by atoms with Crippen molar-refractivity contribution in [1.82, 2.24) is 4.90 Å². The molecule has 104 valence electrons. The van der Waals surface area contributed by atoms with Crippen LogP contribution in [0.3, 0.4) is 0 Å². The zero-order valence-electron chi connectivity index (χ0n) is 11.0. The summed E-state index contributed by atoms with van der Waals surface area (Å²) in [6, 6.07) is 5.20. The molecule has 1 atom stereocenters. The van der Waals surface area contributed by atoms with Crippen LogP contribution >= 0.6 is 23.2 Å². The van der Waals surface area contributed by atoms with Crippen LogP contribution in [0.25, 0.3) is 0 Å². The number of piperidine rings is 1. The first-order valence-electron chi connectivity index (χ1n) is 6.48. The van der Waals surface area contributed by atoms with Gasteiger partial charge in [0.1, 0.15) is 0 Å². The Morgan fingerprint density at radius 1 is 1.42 bits per heavy atom. The molecule has 0 radical (unpaired) electrons. The van der Waals surface area contributed by atoms with E-state index in [9.17, 15) is 4.79 Å². The molecule has 1 fully saturated rings. The number of benzene rings is 1. The first-order chi connectivity index (χ1) is 9.06. The molecular formula is C14H18Cl2N2O. The molecule has 1 N–H and O–H groups in total. The highest BCUT2D eigenvalue weighted by Crippen LogP contribution is 2.30. The van der Waals surface area contributed by atoms with Gasteiger partial charge < -0.3 is 10.2 Å². The topological polar surface area (TPSA) is 32.3 Å². The lowest BCUT2D eigenvalue weighted by Gasteiger charge is -2.29. The predicted octanol–water partition coefficient (Wildman–Crippen LogP) is 3.66. The Balaban J connectivity index is 1.94. The number of para-hydroxylation sites is 1. The van der Waals surface area contributed by atoms with E-state index in [-0.39, 0.29) is 5.91 Å². The van der Waals surface area contributed by atoms with Crippen LogP contribution in [-0.2, 0) is 4.79 Å². The van der Waals surface area contributed by atoms with E-state index in [1.54, 1.807) is 18.2 Å². The number of anilines is 1. The molecule has 1 heterocycles. The average Bonchev–Trinajstić information content (AvgIpc) is 2.34. The highest BCUT2D eigenvalue weighted by molar-refractivity contribution is 6.39. The second kappa shape index (κ2) is 6.60. The van der Waals surface area contributed by atoms with Crippen molar-refractivity contribution in [3.05, 3.63) is 28.2 Å². The van der Waals surface area contributed by atoms with Gasteiger partial charge in [0.15, 0.2) is 0 Å². The lowest BCUT2D eigenvalue weighted by Crippen LogP contribution is -2.34. The largest absolute Gasteiger partial charge is 0.324 e. The number of likely N-dealkylation sites (tertiary alicyclic amines) is 1. The van der Waals surface area contributed by atoms with Crippen LogP contribution in [0.4, 0.5) is 5.69 Å². The normalized spacial score (nSPS) is 20.3. The third-order valence-corrected chi connectivity index (χ3v) is 4.05. The first-order valence-corrected chi connectivity index (χ1v) is 7.24. The van der Waals surface area contributed by atoms with Crippen molar-refractivity contribution in [3.8, 4) is 0 Å². The molecule has 1 unspecified atom stereocenters. The fourth-order valence-electron chi connectivity index (χ4n) is 2.51. The van der Waals surface area contributed by atoms with Crippen molar-refractivity contribution < 1.29 is 4.79 Å². The molecule has 0 saturated carbocycles. The van der Waals surface area contributed by atoms with Crippen molar-refractivity contribution >= 4 is 34.8 Å². The van der Waals surface area contributed by atoms with Crippen molar-refractivity contribution in [2.24, 2.45) is 5.92 Å². The Morgan fingerprint density at radius 3 is 2.74 bits per heavy atom. The van der Waals surface area contributed by atoms with Gasteiger partial charge in [0.25, 0.3) is 0 Å². The smallest absolute Gasteiger partial charge is 0.224 e. The maximum Gasteiger partial charge on any atom is 0.224 e.